The number of fused-ring (bicyclic) bond motifs is 1. The Balaban J connectivity index is 1.85. The minimum Gasteiger partial charge on any atom is -0.397 e. The molecule has 21 heavy (non-hydrogen) atoms. The largest absolute Gasteiger partial charge is 0.397 e. The molecule has 1 aliphatic rings. The number of amides is 1. The van der Waals surface area contributed by atoms with Crippen LogP contribution in [0.2, 0.25) is 0 Å². The van der Waals surface area contributed by atoms with Crippen molar-refractivity contribution in [2.75, 3.05) is 32.4 Å². The van der Waals surface area contributed by atoms with Gasteiger partial charge in [-0.25, -0.2) is 0 Å². The van der Waals surface area contributed by atoms with Crippen LogP contribution in [0.1, 0.15) is 23.8 Å². The fraction of sp³-hybridized carbons (Fsp3) is 0.438. The monoisotopic (exact) mass is 286 g/mol. The third-order valence-electron chi connectivity index (χ3n) is 4.45. The third-order valence-corrected chi connectivity index (χ3v) is 4.45. The highest BCUT2D eigenvalue weighted by Gasteiger charge is 2.27. The first kappa shape index (κ1) is 13.9. The summed E-state index contributed by atoms with van der Waals surface area (Å²) in [5, 5.41) is 0.986. The fourth-order valence-electron chi connectivity index (χ4n) is 3.04. The number of likely N-dealkylation sites (N-methyl/N-ethyl adjacent to an activating group) is 1. The molecule has 5 heteroatoms. The van der Waals surface area contributed by atoms with E-state index < -0.39 is 0 Å². The average molecular weight is 286 g/mol. The smallest absolute Gasteiger partial charge is 0.270 e. The lowest BCUT2D eigenvalue weighted by atomic mass is 10.1. The molecule has 1 aromatic carbocycles. The molecular weight excluding hydrogens is 264 g/mol. The summed E-state index contributed by atoms with van der Waals surface area (Å²) in [6.45, 7) is 4.65. The highest BCUT2D eigenvalue weighted by atomic mass is 16.2. The Morgan fingerprint density at radius 2 is 2.24 bits per heavy atom. The lowest BCUT2D eigenvalue weighted by Crippen LogP contribution is -2.53. The summed E-state index contributed by atoms with van der Waals surface area (Å²) in [6, 6.07) is 8.06. The molecule has 0 aliphatic carbocycles. The van der Waals surface area contributed by atoms with Gasteiger partial charge in [0.2, 0.25) is 0 Å². The van der Waals surface area contributed by atoms with Crippen LogP contribution in [0.25, 0.3) is 10.9 Å². The van der Waals surface area contributed by atoms with Crippen LogP contribution in [0.5, 0.6) is 0 Å². The van der Waals surface area contributed by atoms with Crippen molar-refractivity contribution in [3.63, 3.8) is 0 Å². The Kier molecular flexibility index (Phi) is 3.59. The number of nitrogens with two attached hydrogens (primary N) is 1. The molecule has 0 bridgehead atoms. The van der Waals surface area contributed by atoms with E-state index >= 15 is 0 Å². The maximum absolute atomic E-state index is 12.7. The first-order valence-electron chi connectivity index (χ1n) is 7.47. The second-order valence-electron chi connectivity index (χ2n) is 5.79. The van der Waals surface area contributed by atoms with Crippen LogP contribution in [0.15, 0.2) is 24.3 Å². The molecule has 0 radical (unpaired) electrons. The normalized spacial score (nSPS) is 20.1. The molecular formula is C16H22N4O. The molecule has 1 saturated heterocycles. The zero-order valence-electron chi connectivity index (χ0n) is 12.6. The van der Waals surface area contributed by atoms with E-state index in [1.165, 1.54) is 0 Å². The number of hydrogen-bond donors (Lipinski definition) is 2. The van der Waals surface area contributed by atoms with Crippen molar-refractivity contribution in [2.45, 2.75) is 19.4 Å². The average Bonchev–Trinajstić information content (AvgIpc) is 2.92. The van der Waals surface area contributed by atoms with E-state index in [0.29, 0.717) is 17.4 Å². The Morgan fingerprint density at radius 3 is 2.95 bits per heavy atom. The van der Waals surface area contributed by atoms with Crippen LogP contribution >= 0.6 is 0 Å². The number of aromatic amines is 1. The minimum absolute atomic E-state index is 0.0668. The first-order chi connectivity index (χ1) is 10.1. The predicted octanol–water partition coefficient (Wildman–Crippen LogP) is 1.92. The number of piperazine rings is 1. The van der Waals surface area contributed by atoms with Gasteiger partial charge in [-0.05, 0) is 25.6 Å². The molecule has 1 unspecified atom stereocenters. The molecule has 2 heterocycles. The van der Waals surface area contributed by atoms with Gasteiger partial charge in [0.25, 0.3) is 5.91 Å². The minimum atomic E-state index is 0.0668. The number of anilines is 1. The standard InChI is InChI=1S/C16H22N4O/c1-3-12-10-20(8-7-19(12)2)16(21)14-9-11-5-4-6-13(17)15(11)18-14/h4-6,9,12,18H,3,7-8,10,17H2,1-2H3. The van der Waals surface area contributed by atoms with E-state index in [9.17, 15) is 4.79 Å². The molecule has 112 valence electrons. The third kappa shape index (κ3) is 2.49. The Bertz CT molecular complexity index is 663. The van der Waals surface area contributed by atoms with Crippen LogP contribution in [-0.2, 0) is 0 Å². The van der Waals surface area contributed by atoms with E-state index in [2.05, 4.69) is 23.9 Å². The number of nitrogens with zero attached hydrogens (tertiary/aromatic N) is 2. The lowest BCUT2D eigenvalue weighted by molar-refractivity contribution is 0.0537. The van der Waals surface area contributed by atoms with Gasteiger partial charge in [-0.15, -0.1) is 0 Å². The van der Waals surface area contributed by atoms with Gasteiger partial charge in [0.15, 0.2) is 0 Å². The highest BCUT2D eigenvalue weighted by Crippen LogP contribution is 2.22. The topological polar surface area (TPSA) is 65.4 Å². The Hall–Kier alpha value is -2.01. The molecule has 1 atom stereocenters. The van der Waals surface area contributed by atoms with E-state index in [-0.39, 0.29) is 5.91 Å². The maximum Gasteiger partial charge on any atom is 0.270 e. The van der Waals surface area contributed by atoms with Gasteiger partial charge >= 0.3 is 0 Å². The van der Waals surface area contributed by atoms with Gasteiger partial charge in [-0.1, -0.05) is 19.1 Å². The first-order valence-corrected chi connectivity index (χ1v) is 7.47. The molecule has 1 amide bonds. The van der Waals surface area contributed by atoms with Crippen LogP contribution in [0, 0.1) is 0 Å². The summed E-state index contributed by atoms with van der Waals surface area (Å²) >= 11 is 0. The molecule has 0 saturated carbocycles. The van der Waals surface area contributed by atoms with Gasteiger partial charge in [-0.2, -0.15) is 0 Å². The van der Waals surface area contributed by atoms with Crippen LogP contribution in [-0.4, -0.2) is 53.4 Å². The summed E-state index contributed by atoms with van der Waals surface area (Å²) in [6.07, 6.45) is 1.06. The maximum atomic E-state index is 12.7. The fourth-order valence-corrected chi connectivity index (χ4v) is 3.04. The summed E-state index contributed by atoms with van der Waals surface area (Å²) in [5.74, 6) is 0.0668. The molecule has 1 aromatic heterocycles. The van der Waals surface area contributed by atoms with Crippen molar-refractivity contribution in [3.8, 4) is 0 Å². The van der Waals surface area contributed by atoms with Crippen molar-refractivity contribution in [3.05, 3.63) is 30.0 Å². The number of para-hydroxylation sites is 1. The summed E-state index contributed by atoms with van der Waals surface area (Å²) in [7, 11) is 2.12. The number of benzene rings is 1. The zero-order valence-corrected chi connectivity index (χ0v) is 12.6. The van der Waals surface area contributed by atoms with E-state index in [0.717, 1.165) is 37.0 Å². The number of rotatable bonds is 2. The van der Waals surface area contributed by atoms with Gasteiger partial charge in [0, 0.05) is 31.1 Å². The van der Waals surface area contributed by atoms with Crippen LogP contribution in [0.4, 0.5) is 5.69 Å². The van der Waals surface area contributed by atoms with Gasteiger partial charge in [-0.3, -0.25) is 9.69 Å². The quantitative estimate of drug-likeness (QED) is 0.829. The molecule has 3 rings (SSSR count). The number of nitrogen functional groups attached to an aromatic ring is 1. The predicted molar refractivity (Wildman–Crippen MR) is 85.3 cm³/mol. The number of hydrogen-bond acceptors (Lipinski definition) is 3. The van der Waals surface area contributed by atoms with Crippen molar-refractivity contribution in [2.24, 2.45) is 0 Å². The molecule has 0 spiro atoms. The lowest BCUT2D eigenvalue weighted by Gasteiger charge is -2.38. The van der Waals surface area contributed by atoms with E-state index in [1.54, 1.807) is 0 Å². The Morgan fingerprint density at radius 1 is 1.43 bits per heavy atom. The molecule has 5 nitrogen and oxygen atoms in total. The number of carbonyl (C=O) groups excluding carboxylic acids is 1. The molecule has 2 aromatic rings. The van der Waals surface area contributed by atoms with Crippen molar-refractivity contribution in [1.29, 1.82) is 0 Å². The van der Waals surface area contributed by atoms with Crippen molar-refractivity contribution < 1.29 is 4.79 Å². The number of aromatic nitrogens is 1. The Labute approximate surface area is 124 Å². The van der Waals surface area contributed by atoms with E-state index in [1.807, 2.05) is 29.2 Å². The summed E-state index contributed by atoms with van der Waals surface area (Å²) in [5.41, 5.74) is 8.10. The molecule has 1 aliphatic heterocycles. The summed E-state index contributed by atoms with van der Waals surface area (Å²) in [4.78, 5) is 20.1. The SMILES string of the molecule is CCC1CN(C(=O)c2cc3cccc(N)c3[nH]2)CCN1C. The second kappa shape index (κ2) is 5.41. The number of carbonyl (C=O) groups is 1. The van der Waals surface area contributed by atoms with Crippen LogP contribution < -0.4 is 5.73 Å². The molecule has 1 fully saturated rings. The van der Waals surface area contributed by atoms with Gasteiger partial charge in [0.1, 0.15) is 5.69 Å². The second-order valence-corrected chi connectivity index (χ2v) is 5.79. The summed E-state index contributed by atoms with van der Waals surface area (Å²) < 4.78 is 0. The van der Waals surface area contributed by atoms with Crippen LogP contribution in [0.3, 0.4) is 0 Å². The van der Waals surface area contributed by atoms with Crippen molar-refractivity contribution >= 4 is 22.5 Å². The van der Waals surface area contributed by atoms with Crippen molar-refractivity contribution in [1.82, 2.24) is 14.8 Å². The van der Waals surface area contributed by atoms with Gasteiger partial charge < -0.3 is 15.6 Å². The zero-order chi connectivity index (χ0) is 15.0. The van der Waals surface area contributed by atoms with Gasteiger partial charge in [0.05, 0.1) is 11.2 Å². The highest BCUT2D eigenvalue weighted by molar-refractivity contribution is 6.00. The van der Waals surface area contributed by atoms with E-state index in [4.69, 9.17) is 5.73 Å². The number of H-pyrrole nitrogens is 1. The number of nitrogens with one attached hydrogen (secondary N) is 1. The molecule has 3 N–H and O–H groups in total.